The number of hydrogen-bond donors (Lipinski definition) is 2. The van der Waals surface area contributed by atoms with Crippen LogP contribution in [0.2, 0.25) is 0 Å². The van der Waals surface area contributed by atoms with Gasteiger partial charge in [0.05, 0.1) is 0 Å². The van der Waals surface area contributed by atoms with Crippen LogP contribution in [0.5, 0.6) is 0 Å². The van der Waals surface area contributed by atoms with Gasteiger partial charge in [0.2, 0.25) is 0 Å². The molecule has 0 bridgehead atoms. The first-order valence-electron chi connectivity index (χ1n) is 7.90. The Morgan fingerprint density at radius 3 is 1.74 bits per heavy atom. The highest BCUT2D eigenvalue weighted by Gasteiger charge is 2.09. The van der Waals surface area contributed by atoms with E-state index in [1.807, 2.05) is 36.4 Å². The fourth-order valence-corrected chi connectivity index (χ4v) is 2.76. The molecule has 0 amide bonds. The molecule has 0 aliphatic rings. The number of nitrogens with two attached hydrogens (primary N) is 2. The zero-order valence-corrected chi connectivity index (χ0v) is 13.6. The summed E-state index contributed by atoms with van der Waals surface area (Å²) in [6.07, 6.45) is 0. The smallest absolute Gasteiger partial charge is 0.0320 e. The molecule has 0 saturated carbocycles. The van der Waals surface area contributed by atoms with Gasteiger partial charge in [-0.15, -0.1) is 0 Å². The monoisotopic (exact) mass is 302 g/mol. The van der Waals surface area contributed by atoms with Gasteiger partial charge in [0, 0.05) is 11.4 Å². The molecule has 23 heavy (non-hydrogen) atoms. The SMILES string of the molecule is CC(C)c1ccc(-c2cc(N)ccc2-c2ccc(N)cc2)cc1. The first-order valence-corrected chi connectivity index (χ1v) is 7.90. The summed E-state index contributed by atoms with van der Waals surface area (Å²) in [6.45, 7) is 4.41. The van der Waals surface area contributed by atoms with Gasteiger partial charge in [-0.1, -0.05) is 56.3 Å². The van der Waals surface area contributed by atoms with Crippen molar-refractivity contribution in [2.45, 2.75) is 19.8 Å². The van der Waals surface area contributed by atoms with Crippen LogP contribution in [0.15, 0.2) is 66.7 Å². The van der Waals surface area contributed by atoms with Crippen molar-refractivity contribution in [2.75, 3.05) is 11.5 Å². The summed E-state index contributed by atoms with van der Waals surface area (Å²) in [5.41, 5.74) is 19.3. The molecule has 4 N–H and O–H groups in total. The number of nitrogen functional groups attached to an aromatic ring is 2. The number of rotatable bonds is 3. The molecule has 0 atom stereocenters. The second-order valence-electron chi connectivity index (χ2n) is 6.20. The Hall–Kier alpha value is -2.74. The molecular weight excluding hydrogens is 280 g/mol. The molecule has 2 heteroatoms. The lowest BCUT2D eigenvalue weighted by atomic mass is 9.92. The van der Waals surface area contributed by atoms with Gasteiger partial charge in [-0.3, -0.25) is 0 Å². The van der Waals surface area contributed by atoms with Crippen molar-refractivity contribution in [3.63, 3.8) is 0 Å². The van der Waals surface area contributed by atoms with E-state index in [9.17, 15) is 0 Å². The molecule has 0 saturated heterocycles. The molecule has 3 aromatic carbocycles. The van der Waals surface area contributed by atoms with Crippen molar-refractivity contribution >= 4 is 11.4 Å². The van der Waals surface area contributed by atoms with Crippen molar-refractivity contribution in [3.05, 3.63) is 72.3 Å². The van der Waals surface area contributed by atoms with Crippen LogP contribution in [0.25, 0.3) is 22.3 Å². The number of hydrogen-bond acceptors (Lipinski definition) is 2. The molecule has 0 fully saturated rings. The summed E-state index contributed by atoms with van der Waals surface area (Å²) in [4.78, 5) is 0. The Bertz CT molecular complexity index is 800. The molecule has 0 heterocycles. The highest BCUT2D eigenvalue weighted by molar-refractivity contribution is 5.85. The lowest BCUT2D eigenvalue weighted by molar-refractivity contribution is 0.867. The highest BCUT2D eigenvalue weighted by Crippen LogP contribution is 2.34. The minimum absolute atomic E-state index is 0.529. The van der Waals surface area contributed by atoms with Gasteiger partial charge in [0.25, 0.3) is 0 Å². The summed E-state index contributed by atoms with van der Waals surface area (Å²) in [7, 11) is 0. The van der Waals surface area contributed by atoms with Crippen molar-refractivity contribution in [1.82, 2.24) is 0 Å². The van der Waals surface area contributed by atoms with Crippen LogP contribution < -0.4 is 11.5 Å². The molecule has 2 nitrogen and oxygen atoms in total. The van der Waals surface area contributed by atoms with Gasteiger partial charge >= 0.3 is 0 Å². The maximum absolute atomic E-state index is 6.03. The molecule has 3 rings (SSSR count). The predicted molar refractivity (Wildman–Crippen MR) is 100 cm³/mol. The third kappa shape index (κ3) is 3.21. The molecular formula is C21H22N2. The molecule has 0 aliphatic heterocycles. The largest absolute Gasteiger partial charge is 0.399 e. The molecule has 116 valence electrons. The second-order valence-corrected chi connectivity index (χ2v) is 6.20. The fourth-order valence-electron chi connectivity index (χ4n) is 2.76. The van der Waals surface area contributed by atoms with E-state index in [-0.39, 0.29) is 0 Å². The normalized spacial score (nSPS) is 10.9. The summed E-state index contributed by atoms with van der Waals surface area (Å²) in [6, 6.07) is 22.7. The van der Waals surface area contributed by atoms with E-state index >= 15 is 0 Å². The molecule has 0 aromatic heterocycles. The lowest BCUT2D eigenvalue weighted by Gasteiger charge is -2.13. The summed E-state index contributed by atoms with van der Waals surface area (Å²) in [5.74, 6) is 0.529. The summed E-state index contributed by atoms with van der Waals surface area (Å²) < 4.78 is 0. The molecule has 0 unspecified atom stereocenters. The number of anilines is 2. The molecule has 0 spiro atoms. The Morgan fingerprint density at radius 1 is 0.609 bits per heavy atom. The van der Waals surface area contributed by atoms with Crippen LogP contribution in [0.3, 0.4) is 0 Å². The summed E-state index contributed by atoms with van der Waals surface area (Å²) >= 11 is 0. The van der Waals surface area contributed by atoms with Gasteiger partial charge in [-0.05, 0) is 58.0 Å². The van der Waals surface area contributed by atoms with Crippen LogP contribution in [0.4, 0.5) is 11.4 Å². The van der Waals surface area contributed by atoms with E-state index < -0.39 is 0 Å². The predicted octanol–water partition coefficient (Wildman–Crippen LogP) is 5.31. The standard InChI is InChI=1S/C21H22N2/c1-14(2)15-3-5-17(6-4-15)21-13-19(23)11-12-20(21)16-7-9-18(22)10-8-16/h3-14H,22-23H2,1-2H3. The van der Waals surface area contributed by atoms with Crippen molar-refractivity contribution < 1.29 is 0 Å². The molecule has 0 radical (unpaired) electrons. The minimum Gasteiger partial charge on any atom is -0.399 e. The molecule has 3 aromatic rings. The van der Waals surface area contributed by atoms with Crippen LogP contribution >= 0.6 is 0 Å². The maximum atomic E-state index is 6.03. The minimum atomic E-state index is 0.529. The second kappa shape index (κ2) is 6.17. The zero-order valence-electron chi connectivity index (χ0n) is 13.6. The van der Waals surface area contributed by atoms with E-state index in [1.54, 1.807) is 0 Å². The van der Waals surface area contributed by atoms with Gasteiger partial charge in [-0.25, -0.2) is 0 Å². The summed E-state index contributed by atoms with van der Waals surface area (Å²) in [5, 5.41) is 0. The van der Waals surface area contributed by atoms with Crippen LogP contribution in [-0.4, -0.2) is 0 Å². The van der Waals surface area contributed by atoms with E-state index in [4.69, 9.17) is 11.5 Å². The first-order chi connectivity index (χ1) is 11.0. The van der Waals surface area contributed by atoms with Crippen molar-refractivity contribution in [1.29, 1.82) is 0 Å². The molecule has 0 aliphatic carbocycles. The Labute approximate surface area is 137 Å². The maximum Gasteiger partial charge on any atom is 0.0320 e. The van der Waals surface area contributed by atoms with E-state index in [0.29, 0.717) is 5.92 Å². The van der Waals surface area contributed by atoms with E-state index in [0.717, 1.165) is 28.1 Å². The van der Waals surface area contributed by atoms with Crippen LogP contribution in [0, 0.1) is 0 Å². The zero-order chi connectivity index (χ0) is 16.4. The topological polar surface area (TPSA) is 52.0 Å². The van der Waals surface area contributed by atoms with E-state index in [2.05, 4.69) is 44.2 Å². The van der Waals surface area contributed by atoms with Gasteiger partial charge in [-0.2, -0.15) is 0 Å². The highest BCUT2D eigenvalue weighted by atomic mass is 14.5. The van der Waals surface area contributed by atoms with Crippen molar-refractivity contribution in [2.24, 2.45) is 0 Å². The Morgan fingerprint density at radius 2 is 1.13 bits per heavy atom. The Balaban J connectivity index is 2.10. The van der Waals surface area contributed by atoms with E-state index in [1.165, 1.54) is 11.1 Å². The van der Waals surface area contributed by atoms with Crippen LogP contribution in [-0.2, 0) is 0 Å². The average Bonchev–Trinajstić information content (AvgIpc) is 2.56. The third-order valence-electron chi connectivity index (χ3n) is 4.15. The van der Waals surface area contributed by atoms with Gasteiger partial charge in [0.15, 0.2) is 0 Å². The van der Waals surface area contributed by atoms with Gasteiger partial charge < -0.3 is 11.5 Å². The number of benzene rings is 3. The van der Waals surface area contributed by atoms with Crippen molar-refractivity contribution in [3.8, 4) is 22.3 Å². The third-order valence-corrected chi connectivity index (χ3v) is 4.15. The lowest BCUT2D eigenvalue weighted by Crippen LogP contribution is -1.92. The fraction of sp³-hybridized carbons (Fsp3) is 0.143. The Kier molecular flexibility index (Phi) is 4.07. The first kappa shape index (κ1) is 15.2. The van der Waals surface area contributed by atoms with Crippen LogP contribution in [0.1, 0.15) is 25.3 Å². The van der Waals surface area contributed by atoms with Gasteiger partial charge in [0.1, 0.15) is 0 Å². The average molecular weight is 302 g/mol. The quantitative estimate of drug-likeness (QED) is 0.644.